The molecule has 5 heteroatoms. The van der Waals surface area contributed by atoms with E-state index in [0.717, 1.165) is 0 Å². The van der Waals surface area contributed by atoms with Crippen LogP contribution in [0.25, 0.3) is 0 Å². The molecule has 0 radical (unpaired) electrons. The highest BCUT2D eigenvalue weighted by molar-refractivity contribution is 7.86. The summed E-state index contributed by atoms with van der Waals surface area (Å²) in [6, 6.07) is 0. The summed E-state index contributed by atoms with van der Waals surface area (Å²) in [6.45, 7) is 4.36. The lowest BCUT2D eigenvalue weighted by atomic mass is 10.4. The molecule has 0 saturated carbocycles. The van der Waals surface area contributed by atoms with Crippen molar-refractivity contribution in [2.75, 3.05) is 0 Å². The van der Waals surface area contributed by atoms with E-state index >= 15 is 0 Å². The van der Waals surface area contributed by atoms with E-state index in [1.807, 2.05) is 0 Å². The van der Waals surface area contributed by atoms with Gasteiger partial charge in [0.15, 0.2) is 0 Å². The molecular formula is C4H14N2O2S. The van der Waals surface area contributed by atoms with Crippen molar-refractivity contribution >= 4 is 10.2 Å². The van der Waals surface area contributed by atoms with Gasteiger partial charge in [-0.3, -0.25) is 0 Å². The first-order valence-corrected chi connectivity index (χ1v) is 4.33. The highest BCUT2D eigenvalue weighted by Crippen LogP contribution is 1.76. The van der Waals surface area contributed by atoms with E-state index in [-0.39, 0.29) is 0 Å². The summed E-state index contributed by atoms with van der Waals surface area (Å²) in [5, 5.41) is 8.21. The molecule has 9 heavy (non-hydrogen) atoms. The van der Waals surface area contributed by atoms with Crippen LogP contribution in [0.2, 0.25) is 0 Å². The van der Waals surface area contributed by atoms with Gasteiger partial charge in [0.2, 0.25) is 0 Å². The summed E-state index contributed by atoms with van der Waals surface area (Å²) in [4.78, 5) is 0. The van der Waals surface area contributed by atoms with E-state index < -0.39 is 10.2 Å². The van der Waals surface area contributed by atoms with Crippen LogP contribution in [0.4, 0.5) is 0 Å². The average molecular weight is 154 g/mol. The van der Waals surface area contributed by atoms with E-state index in [9.17, 15) is 8.42 Å². The Labute approximate surface area is 56.4 Å². The van der Waals surface area contributed by atoms with E-state index in [4.69, 9.17) is 0 Å². The third-order valence-corrected chi connectivity index (χ3v) is 0.500. The molecule has 0 rings (SSSR count). The maximum atomic E-state index is 9.19. The Hall–Kier alpha value is -0.130. The van der Waals surface area contributed by atoms with Gasteiger partial charge in [-0.05, 0) is 0 Å². The van der Waals surface area contributed by atoms with Crippen molar-refractivity contribution in [3.8, 4) is 0 Å². The number of hydrogen-bond acceptors (Lipinski definition) is 2. The van der Waals surface area contributed by atoms with Crippen LogP contribution < -0.4 is 10.3 Å². The van der Waals surface area contributed by atoms with Crippen molar-refractivity contribution in [1.82, 2.24) is 0 Å². The van der Waals surface area contributed by atoms with Gasteiger partial charge in [-0.1, -0.05) is 26.7 Å². The lowest BCUT2D eigenvalue weighted by Crippen LogP contribution is -2.21. The van der Waals surface area contributed by atoms with Crippen LogP contribution in [0.1, 0.15) is 26.7 Å². The summed E-state index contributed by atoms with van der Waals surface area (Å²) in [5.74, 6) is 0. The summed E-state index contributed by atoms with van der Waals surface area (Å²) < 4.78 is 18.4. The summed E-state index contributed by atoms with van der Waals surface area (Å²) in [7, 11) is -3.67. The molecule has 0 unspecified atom stereocenters. The third kappa shape index (κ3) is 358. The van der Waals surface area contributed by atoms with E-state index in [2.05, 4.69) is 24.1 Å². The van der Waals surface area contributed by atoms with Gasteiger partial charge in [-0.25, -0.2) is 10.3 Å². The molecular weight excluding hydrogens is 140 g/mol. The van der Waals surface area contributed by atoms with Gasteiger partial charge >= 0.3 is 0 Å². The Morgan fingerprint density at radius 3 is 1.22 bits per heavy atom. The predicted octanol–water partition coefficient (Wildman–Crippen LogP) is -0.0450. The van der Waals surface area contributed by atoms with Crippen molar-refractivity contribution in [2.24, 2.45) is 10.3 Å². The number of unbranched alkanes of at least 4 members (excludes halogenated alkanes) is 1. The van der Waals surface area contributed by atoms with E-state index in [0.29, 0.717) is 0 Å². The van der Waals surface area contributed by atoms with E-state index in [1.54, 1.807) is 0 Å². The standard InChI is InChI=1S/C4H10.H4N2O2S/c1-3-4-2;1-5(2,3)4/h3-4H2,1-2H3;(H4,1,2,3,4). The van der Waals surface area contributed by atoms with Crippen LogP contribution in [0.3, 0.4) is 0 Å². The second kappa shape index (κ2) is 6.00. The quantitative estimate of drug-likeness (QED) is 0.555. The van der Waals surface area contributed by atoms with Crippen molar-refractivity contribution in [2.45, 2.75) is 26.7 Å². The smallest absolute Gasteiger partial charge is 0.216 e. The van der Waals surface area contributed by atoms with Crippen molar-refractivity contribution in [1.29, 1.82) is 0 Å². The van der Waals surface area contributed by atoms with Crippen LogP contribution in [0.15, 0.2) is 0 Å². The maximum absolute atomic E-state index is 9.19. The van der Waals surface area contributed by atoms with Crippen LogP contribution in [0, 0.1) is 0 Å². The fraction of sp³-hybridized carbons (Fsp3) is 1.00. The minimum Gasteiger partial charge on any atom is -0.216 e. The topological polar surface area (TPSA) is 86.2 Å². The summed E-state index contributed by atoms with van der Waals surface area (Å²) in [6.07, 6.45) is 2.64. The largest absolute Gasteiger partial charge is 0.271 e. The molecule has 0 aromatic rings. The fourth-order valence-corrected chi connectivity index (χ4v) is 0. The second-order valence-electron chi connectivity index (χ2n) is 1.59. The molecule has 0 aliphatic carbocycles. The molecule has 0 bridgehead atoms. The van der Waals surface area contributed by atoms with Gasteiger partial charge in [0.25, 0.3) is 10.2 Å². The first-order chi connectivity index (χ1) is 3.91. The lowest BCUT2D eigenvalue weighted by Gasteiger charge is -1.72. The van der Waals surface area contributed by atoms with Gasteiger partial charge in [0.05, 0.1) is 0 Å². The molecule has 0 aromatic heterocycles. The molecule has 0 amide bonds. The Morgan fingerprint density at radius 1 is 1.11 bits per heavy atom. The lowest BCUT2D eigenvalue weighted by molar-refractivity contribution is 0.599. The van der Waals surface area contributed by atoms with Crippen molar-refractivity contribution in [3.63, 3.8) is 0 Å². The molecule has 4 N–H and O–H groups in total. The average Bonchev–Trinajstić information content (AvgIpc) is 1.61. The van der Waals surface area contributed by atoms with Gasteiger partial charge in [0.1, 0.15) is 0 Å². The predicted molar refractivity (Wildman–Crippen MR) is 37.9 cm³/mol. The fourth-order valence-electron chi connectivity index (χ4n) is 0. The highest BCUT2D eigenvalue weighted by Gasteiger charge is 1.78. The SMILES string of the molecule is CCCC.NS(N)(=O)=O. The van der Waals surface area contributed by atoms with Crippen LogP contribution >= 0.6 is 0 Å². The van der Waals surface area contributed by atoms with Gasteiger partial charge in [0, 0.05) is 0 Å². The Kier molecular flexibility index (Phi) is 7.76. The van der Waals surface area contributed by atoms with Crippen LogP contribution in [-0.2, 0) is 10.2 Å². The van der Waals surface area contributed by atoms with E-state index in [1.165, 1.54) is 12.8 Å². The molecule has 0 spiro atoms. The molecule has 0 aliphatic heterocycles. The Bertz CT molecular complexity index is 120. The van der Waals surface area contributed by atoms with Crippen molar-refractivity contribution in [3.05, 3.63) is 0 Å². The van der Waals surface area contributed by atoms with Gasteiger partial charge in [-0.15, -0.1) is 0 Å². The second-order valence-corrected chi connectivity index (χ2v) is 2.77. The zero-order valence-corrected chi connectivity index (χ0v) is 6.61. The van der Waals surface area contributed by atoms with Crippen LogP contribution in [-0.4, -0.2) is 8.42 Å². The monoisotopic (exact) mass is 154 g/mol. The molecule has 0 aromatic carbocycles. The highest BCUT2D eigenvalue weighted by atomic mass is 32.2. The third-order valence-electron chi connectivity index (χ3n) is 0.500. The first-order valence-electron chi connectivity index (χ1n) is 2.72. The zero-order valence-electron chi connectivity index (χ0n) is 5.79. The number of rotatable bonds is 1. The Morgan fingerprint density at radius 2 is 1.22 bits per heavy atom. The van der Waals surface area contributed by atoms with Crippen molar-refractivity contribution < 1.29 is 8.42 Å². The minimum atomic E-state index is -3.67. The zero-order chi connectivity index (χ0) is 7.91. The Balaban J connectivity index is 0. The molecule has 4 nitrogen and oxygen atoms in total. The summed E-state index contributed by atoms with van der Waals surface area (Å²) in [5.41, 5.74) is 0. The molecule has 0 heterocycles. The van der Waals surface area contributed by atoms with Gasteiger partial charge < -0.3 is 0 Å². The first kappa shape index (κ1) is 11.6. The minimum absolute atomic E-state index is 1.32. The molecule has 0 fully saturated rings. The maximum Gasteiger partial charge on any atom is 0.271 e. The summed E-state index contributed by atoms with van der Waals surface area (Å²) >= 11 is 0. The van der Waals surface area contributed by atoms with Crippen LogP contribution in [0.5, 0.6) is 0 Å². The number of hydrogen-bond donors (Lipinski definition) is 2. The normalized spacial score (nSPS) is 9.78. The number of nitrogens with two attached hydrogens (primary N) is 2. The molecule has 0 atom stereocenters. The molecule has 58 valence electrons. The van der Waals surface area contributed by atoms with Gasteiger partial charge in [-0.2, -0.15) is 8.42 Å². The molecule has 0 saturated heterocycles. The molecule has 0 aliphatic rings.